The molecular formula is C14H28NO6P. The van der Waals surface area contributed by atoms with Crippen molar-refractivity contribution in [2.75, 3.05) is 20.4 Å². The highest BCUT2D eigenvalue weighted by molar-refractivity contribution is 7.54. The molecule has 1 N–H and O–H groups in total. The van der Waals surface area contributed by atoms with Gasteiger partial charge in [-0.1, -0.05) is 0 Å². The standard InChI is InChI=1S/C14H28NO6P/c1-11(15-13(17)21-14(2,3)4)8-7-9-12(16)10-22(18,19-5)20-6/h11H,7-10H2,1-6H3,(H,15,17)/t11-/m1/s1. The van der Waals surface area contributed by atoms with Crippen molar-refractivity contribution >= 4 is 19.5 Å². The van der Waals surface area contributed by atoms with Gasteiger partial charge in [0.1, 0.15) is 17.5 Å². The van der Waals surface area contributed by atoms with E-state index in [4.69, 9.17) is 13.8 Å². The molecule has 0 aromatic carbocycles. The molecule has 0 heterocycles. The molecule has 0 aromatic rings. The molecule has 130 valence electrons. The Hall–Kier alpha value is -0.910. The van der Waals surface area contributed by atoms with Gasteiger partial charge in [-0.05, 0) is 40.5 Å². The average molecular weight is 337 g/mol. The number of hydrogen-bond acceptors (Lipinski definition) is 6. The number of carbonyl (C=O) groups excluding carboxylic acids is 2. The Balaban J connectivity index is 4.03. The first-order valence-electron chi connectivity index (χ1n) is 7.23. The van der Waals surface area contributed by atoms with E-state index in [0.29, 0.717) is 12.8 Å². The van der Waals surface area contributed by atoms with Crippen molar-refractivity contribution < 1.29 is 27.9 Å². The van der Waals surface area contributed by atoms with Crippen LogP contribution in [0.5, 0.6) is 0 Å². The minimum absolute atomic E-state index is 0.112. The molecule has 0 bridgehead atoms. The number of hydrogen-bond donors (Lipinski definition) is 1. The van der Waals surface area contributed by atoms with Crippen LogP contribution < -0.4 is 5.32 Å². The van der Waals surface area contributed by atoms with Gasteiger partial charge >= 0.3 is 13.7 Å². The van der Waals surface area contributed by atoms with Crippen molar-refractivity contribution in [3.8, 4) is 0 Å². The van der Waals surface area contributed by atoms with E-state index in [9.17, 15) is 14.2 Å². The summed E-state index contributed by atoms with van der Waals surface area (Å²) in [5.74, 6) is -0.184. The minimum Gasteiger partial charge on any atom is -0.444 e. The summed E-state index contributed by atoms with van der Waals surface area (Å²) in [6.07, 6.45) is 0.748. The van der Waals surface area contributed by atoms with Gasteiger partial charge in [0.05, 0.1) is 0 Å². The largest absolute Gasteiger partial charge is 0.444 e. The van der Waals surface area contributed by atoms with Crippen LogP contribution in [0.2, 0.25) is 0 Å². The second-order valence-electron chi connectivity index (χ2n) is 6.11. The highest BCUT2D eigenvalue weighted by atomic mass is 31.2. The predicted molar refractivity (Wildman–Crippen MR) is 84.2 cm³/mol. The van der Waals surface area contributed by atoms with Gasteiger partial charge in [-0.25, -0.2) is 4.79 Å². The summed E-state index contributed by atoms with van der Waals surface area (Å²) in [6, 6.07) is -0.112. The van der Waals surface area contributed by atoms with Gasteiger partial charge in [0.15, 0.2) is 0 Å². The van der Waals surface area contributed by atoms with Gasteiger partial charge in [-0.15, -0.1) is 0 Å². The van der Waals surface area contributed by atoms with Crippen LogP contribution in [0.25, 0.3) is 0 Å². The molecule has 0 saturated carbocycles. The summed E-state index contributed by atoms with van der Waals surface area (Å²) in [6.45, 7) is 7.21. The first-order chi connectivity index (χ1) is 10.0. The number of ether oxygens (including phenoxy) is 1. The molecule has 0 aliphatic rings. The molecule has 0 fully saturated rings. The zero-order valence-corrected chi connectivity index (χ0v) is 15.2. The lowest BCUT2D eigenvalue weighted by molar-refractivity contribution is -0.117. The molecule has 1 atom stereocenters. The first kappa shape index (κ1) is 21.1. The Labute approximate surface area is 132 Å². The summed E-state index contributed by atoms with van der Waals surface area (Å²) in [4.78, 5) is 23.3. The summed E-state index contributed by atoms with van der Waals surface area (Å²) in [7, 11) is -0.778. The van der Waals surface area contributed by atoms with E-state index in [1.54, 1.807) is 20.8 Å². The van der Waals surface area contributed by atoms with Crippen molar-refractivity contribution in [2.45, 2.75) is 58.6 Å². The Kier molecular flexibility index (Phi) is 8.89. The first-order valence-corrected chi connectivity index (χ1v) is 8.96. The summed E-state index contributed by atoms with van der Waals surface area (Å²) in [5.41, 5.74) is -0.540. The molecule has 0 rings (SSSR count). The van der Waals surface area contributed by atoms with Crippen LogP contribution in [0.3, 0.4) is 0 Å². The SMILES string of the molecule is COP(=O)(CC(=O)CCC[C@@H](C)NC(=O)OC(C)(C)C)OC. The molecule has 1 amide bonds. The number of nitrogens with one attached hydrogen (secondary N) is 1. The van der Waals surface area contributed by atoms with Gasteiger partial charge in [0, 0.05) is 26.7 Å². The summed E-state index contributed by atoms with van der Waals surface area (Å²) < 4.78 is 26.4. The molecule has 0 saturated heterocycles. The maximum absolute atomic E-state index is 11.8. The van der Waals surface area contributed by atoms with E-state index < -0.39 is 19.3 Å². The highest BCUT2D eigenvalue weighted by Crippen LogP contribution is 2.46. The molecule has 22 heavy (non-hydrogen) atoms. The van der Waals surface area contributed by atoms with E-state index in [0.717, 1.165) is 0 Å². The van der Waals surface area contributed by atoms with Crippen molar-refractivity contribution in [3.05, 3.63) is 0 Å². The fraction of sp³-hybridized carbons (Fsp3) is 0.857. The van der Waals surface area contributed by atoms with Crippen molar-refractivity contribution in [1.29, 1.82) is 0 Å². The number of Topliss-reactive ketones (excluding diaryl/α,β-unsaturated/α-hetero) is 1. The molecule has 0 aromatic heterocycles. The van der Waals surface area contributed by atoms with Crippen LogP contribution in [0.15, 0.2) is 0 Å². The van der Waals surface area contributed by atoms with Gasteiger partial charge in [0.2, 0.25) is 0 Å². The van der Waals surface area contributed by atoms with Crippen LogP contribution in [0.4, 0.5) is 4.79 Å². The normalized spacial score (nSPS) is 13.5. The van der Waals surface area contributed by atoms with Crippen LogP contribution in [0, 0.1) is 0 Å². The maximum Gasteiger partial charge on any atom is 0.407 e. The maximum atomic E-state index is 11.8. The summed E-state index contributed by atoms with van der Waals surface area (Å²) >= 11 is 0. The lowest BCUT2D eigenvalue weighted by Crippen LogP contribution is -2.37. The Morgan fingerprint density at radius 2 is 1.73 bits per heavy atom. The number of ketones is 1. The molecule has 0 unspecified atom stereocenters. The van der Waals surface area contributed by atoms with Gasteiger partial charge in [0.25, 0.3) is 0 Å². The summed E-state index contributed by atoms with van der Waals surface area (Å²) in [5, 5.41) is 2.70. The van der Waals surface area contributed by atoms with E-state index in [1.165, 1.54) is 14.2 Å². The van der Waals surface area contributed by atoms with Crippen LogP contribution in [-0.4, -0.2) is 43.9 Å². The van der Waals surface area contributed by atoms with E-state index >= 15 is 0 Å². The molecule has 0 radical (unpaired) electrons. The number of alkyl carbamates (subject to hydrolysis) is 1. The monoisotopic (exact) mass is 337 g/mol. The van der Waals surface area contributed by atoms with Gasteiger partial charge in [-0.3, -0.25) is 9.36 Å². The van der Waals surface area contributed by atoms with Crippen LogP contribution in [-0.2, 0) is 23.1 Å². The van der Waals surface area contributed by atoms with Crippen LogP contribution >= 0.6 is 7.60 Å². The fourth-order valence-electron chi connectivity index (χ4n) is 1.69. The van der Waals surface area contributed by atoms with Crippen molar-refractivity contribution in [1.82, 2.24) is 5.32 Å². The molecule has 7 nitrogen and oxygen atoms in total. The van der Waals surface area contributed by atoms with E-state index in [2.05, 4.69) is 5.32 Å². The Morgan fingerprint density at radius 1 is 1.18 bits per heavy atom. The number of amides is 1. The smallest absolute Gasteiger partial charge is 0.407 e. The topological polar surface area (TPSA) is 90.9 Å². The molecule has 8 heteroatoms. The van der Waals surface area contributed by atoms with Crippen molar-refractivity contribution in [2.24, 2.45) is 0 Å². The molecule has 0 spiro atoms. The zero-order chi connectivity index (χ0) is 17.4. The van der Waals surface area contributed by atoms with Crippen LogP contribution in [0.1, 0.15) is 47.0 Å². The van der Waals surface area contributed by atoms with Gasteiger partial charge in [-0.2, -0.15) is 0 Å². The fourth-order valence-corrected chi connectivity index (χ4v) is 2.68. The average Bonchev–Trinajstić information content (AvgIpc) is 2.35. The number of carbonyl (C=O) groups is 2. The van der Waals surface area contributed by atoms with E-state index in [-0.39, 0.29) is 24.4 Å². The second-order valence-corrected chi connectivity index (χ2v) is 8.38. The number of rotatable bonds is 9. The third-order valence-corrected chi connectivity index (χ3v) is 4.63. The van der Waals surface area contributed by atoms with Gasteiger partial charge < -0.3 is 19.1 Å². The quantitative estimate of drug-likeness (QED) is 0.650. The second kappa shape index (κ2) is 9.28. The minimum atomic E-state index is -3.29. The lowest BCUT2D eigenvalue weighted by Gasteiger charge is -2.21. The third kappa shape index (κ3) is 9.92. The zero-order valence-electron chi connectivity index (χ0n) is 14.3. The third-order valence-electron chi connectivity index (χ3n) is 2.78. The molecule has 0 aliphatic heterocycles. The Morgan fingerprint density at radius 3 is 2.18 bits per heavy atom. The lowest BCUT2D eigenvalue weighted by atomic mass is 10.1. The van der Waals surface area contributed by atoms with Crippen molar-refractivity contribution in [3.63, 3.8) is 0 Å². The molecular weight excluding hydrogens is 309 g/mol. The predicted octanol–water partition coefficient (Wildman–Crippen LogP) is 3.12. The molecule has 0 aliphatic carbocycles. The highest BCUT2D eigenvalue weighted by Gasteiger charge is 2.25. The Bertz CT molecular complexity index is 410. The van der Waals surface area contributed by atoms with E-state index in [1.807, 2.05) is 6.92 Å².